The van der Waals surface area contributed by atoms with E-state index in [-0.39, 0.29) is 0 Å². The predicted molar refractivity (Wildman–Crippen MR) is 45.8 cm³/mol. The first-order chi connectivity index (χ1) is 5.33. The molecule has 0 N–H and O–H groups in total. The van der Waals surface area contributed by atoms with Gasteiger partial charge in [0.25, 0.3) is 0 Å². The highest BCUT2D eigenvalue weighted by atomic mass is 14.2. The number of hydrogen-bond acceptors (Lipinski definition) is 1. The molecule has 1 aliphatic rings. The van der Waals surface area contributed by atoms with Crippen LogP contribution in [0.15, 0.2) is 35.5 Å². The Balaban J connectivity index is 2.68. The largest absolute Gasteiger partial charge is 0.198 e. The van der Waals surface area contributed by atoms with Crippen molar-refractivity contribution in [1.82, 2.24) is 0 Å². The molecule has 0 atom stereocenters. The Hall–Kier alpha value is -1.29. The molecule has 0 heterocycles. The van der Waals surface area contributed by atoms with Gasteiger partial charge in [0.2, 0.25) is 0 Å². The second-order valence-corrected chi connectivity index (χ2v) is 2.63. The van der Waals surface area contributed by atoms with E-state index in [1.165, 1.54) is 5.57 Å². The van der Waals surface area contributed by atoms with E-state index in [2.05, 4.69) is 31.2 Å². The molecule has 0 fully saturated rings. The van der Waals surface area contributed by atoms with Gasteiger partial charge in [-0.15, -0.1) is 0 Å². The highest BCUT2D eigenvalue weighted by Crippen LogP contribution is 2.11. The van der Waals surface area contributed by atoms with E-state index in [1.807, 2.05) is 6.08 Å². The highest BCUT2D eigenvalue weighted by molar-refractivity contribution is 5.32. The van der Waals surface area contributed by atoms with Crippen molar-refractivity contribution >= 4 is 0 Å². The van der Waals surface area contributed by atoms with Gasteiger partial charge in [-0.3, -0.25) is 0 Å². The molecule has 0 saturated carbocycles. The van der Waals surface area contributed by atoms with Gasteiger partial charge in [-0.2, -0.15) is 5.26 Å². The van der Waals surface area contributed by atoms with Gasteiger partial charge in [-0.1, -0.05) is 29.9 Å². The first-order valence-corrected chi connectivity index (χ1v) is 3.74. The Labute approximate surface area is 67.3 Å². The molecule has 1 nitrogen and oxygen atoms in total. The lowest BCUT2D eigenvalue weighted by Gasteiger charge is -1.89. The monoisotopic (exact) mass is 145 g/mol. The van der Waals surface area contributed by atoms with Gasteiger partial charge in [0.15, 0.2) is 0 Å². The molecule has 1 heteroatoms. The molecule has 11 heavy (non-hydrogen) atoms. The molecule has 0 radical (unpaired) electrons. The molecule has 0 aromatic heterocycles. The van der Waals surface area contributed by atoms with Gasteiger partial charge >= 0.3 is 0 Å². The third kappa shape index (κ3) is 2.43. The van der Waals surface area contributed by atoms with Crippen LogP contribution in [0.1, 0.15) is 19.8 Å². The maximum Gasteiger partial charge on any atom is 0.0669 e. The SMILES string of the molecule is CC1=CCC=C(CC#N)C=C1. The molecule has 0 aromatic rings. The van der Waals surface area contributed by atoms with E-state index in [0.717, 1.165) is 12.0 Å². The highest BCUT2D eigenvalue weighted by Gasteiger charge is 1.93. The first-order valence-electron chi connectivity index (χ1n) is 3.74. The number of rotatable bonds is 1. The van der Waals surface area contributed by atoms with Crippen molar-refractivity contribution in [3.63, 3.8) is 0 Å². The molecule has 0 spiro atoms. The third-order valence-corrected chi connectivity index (χ3v) is 1.66. The number of nitriles is 1. The molecular formula is C10H11N. The summed E-state index contributed by atoms with van der Waals surface area (Å²) in [6, 6.07) is 2.14. The molecule has 1 rings (SSSR count). The molecular weight excluding hydrogens is 134 g/mol. The normalized spacial score (nSPS) is 16.4. The summed E-state index contributed by atoms with van der Waals surface area (Å²) in [7, 11) is 0. The molecule has 0 saturated heterocycles. The first kappa shape index (κ1) is 7.81. The van der Waals surface area contributed by atoms with Crippen LogP contribution in [0.5, 0.6) is 0 Å². The summed E-state index contributed by atoms with van der Waals surface area (Å²) in [5.41, 5.74) is 2.40. The smallest absolute Gasteiger partial charge is 0.0669 e. The molecule has 0 amide bonds. The van der Waals surface area contributed by atoms with Crippen LogP contribution in [0, 0.1) is 11.3 Å². The van der Waals surface area contributed by atoms with Crippen LogP contribution in [0.25, 0.3) is 0 Å². The zero-order valence-electron chi connectivity index (χ0n) is 6.67. The van der Waals surface area contributed by atoms with Crippen molar-refractivity contribution in [2.45, 2.75) is 19.8 Å². The minimum absolute atomic E-state index is 0.525. The maximum absolute atomic E-state index is 8.43. The fourth-order valence-corrected chi connectivity index (χ4v) is 0.993. The summed E-state index contributed by atoms with van der Waals surface area (Å²) in [5.74, 6) is 0. The van der Waals surface area contributed by atoms with E-state index >= 15 is 0 Å². The fraction of sp³-hybridized carbons (Fsp3) is 0.300. The lowest BCUT2D eigenvalue weighted by atomic mass is 10.2. The minimum atomic E-state index is 0.525. The molecule has 0 unspecified atom stereocenters. The summed E-state index contributed by atoms with van der Waals surface area (Å²) in [4.78, 5) is 0. The van der Waals surface area contributed by atoms with Crippen LogP contribution in [0.4, 0.5) is 0 Å². The Morgan fingerprint density at radius 3 is 3.00 bits per heavy atom. The minimum Gasteiger partial charge on any atom is -0.198 e. The van der Waals surface area contributed by atoms with Crippen molar-refractivity contribution < 1.29 is 0 Å². The van der Waals surface area contributed by atoms with Crippen LogP contribution >= 0.6 is 0 Å². The number of hydrogen-bond donors (Lipinski definition) is 0. The quantitative estimate of drug-likeness (QED) is 0.556. The Bertz CT molecular complexity index is 261. The van der Waals surface area contributed by atoms with Gasteiger partial charge in [-0.25, -0.2) is 0 Å². The van der Waals surface area contributed by atoms with E-state index < -0.39 is 0 Å². The van der Waals surface area contributed by atoms with E-state index in [1.54, 1.807) is 0 Å². The average Bonchev–Trinajstić information content (AvgIpc) is 2.17. The van der Waals surface area contributed by atoms with E-state index in [0.29, 0.717) is 6.42 Å². The van der Waals surface area contributed by atoms with E-state index in [9.17, 15) is 0 Å². The van der Waals surface area contributed by atoms with Crippen LogP contribution in [-0.4, -0.2) is 0 Å². The summed E-state index contributed by atoms with van der Waals surface area (Å²) >= 11 is 0. The van der Waals surface area contributed by atoms with Gasteiger partial charge in [0.1, 0.15) is 0 Å². The number of allylic oxidation sites excluding steroid dienone is 6. The van der Waals surface area contributed by atoms with Crippen molar-refractivity contribution in [2.24, 2.45) is 0 Å². The summed E-state index contributed by atoms with van der Waals surface area (Å²) in [6.45, 7) is 2.07. The molecule has 0 aliphatic heterocycles. The zero-order valence-corrected chi connectivity index (χ0v) is 6.67. The van der Waals surface area contributed by atoms with Crippen LogP contribution in [0.3, 0.4) is 0 Å². The molecule has 0 aromatic carbocycles. The third-order valence-electron chi connectivity index (χ3n) is 1.66. The van der Waals surface area contributed by atoms with Crippen molar-refractivity contribution in [3.8, 4) is 6.07 Å². The van der Waals surface area contributed by atoms with Crippen molar-refractivity contribution in [1.29, 1.82) is 5.26 Å². The van der Waals surface area contributed by atoms with Gasteiger partial charge in [0.05, 0.1) is 12.5 Å². The molecule has 1 aliphatic carbocycles. The van der Waals surface area contributed by atoms with E-state index in [4.69, 9.17) is 5.26 Å². The second kappa shape index (κ2) is 3.78. The summed E-state index contributed by atoms with van der Waals surface area (Å²) in [5, 5.41) is 8.43. The van der Waals surface area contributed by atoms with Gasteiger partial charge < -0.3 is 0 Å². The lowest BCUT2D eigenvalue weighted by molar-refractivity contribution is 1.24. The zero-order chi connectivity index (χ0) is 8.10. The predicted octanol–water partition coefficient (Wildman–Crippen LogP) is 2.73. The maximum atomic E-state index is 8.43. The van der Waals surface area contributed by atoms with Crippen molar-refractivity contribution in [3.05, 3.63) is 35.5 Å². The van der Waals surface area contributed by atoms with Crippen molar-refractivity contribution in [2.75, 3.05) is 0 Å². The lowest BCUT2D eigenvalue weighted by Crippen LogP contribution is -1.73. The standard InChI is InChI=1S/C10H11N/c1-9-3-2-4-10(6-5-9)7-8-11/h3-6H,2,7H2,1H3. The van der Waals surface area contributed by atoms with Gasteiger partial charge in [-0.05, 0) is 18.9 Å². The van der Waals surface area contributed by atoms with Crippen LogP contribution in [0.2, 0.25) is 0 Å². The average molecular weight is 145 g/mol. The summed E-state index contributed by atoms with van der Waals surface area (Å²) < 4.78 is 0. The van der Waals surface area contributed by atoms with Crippen LogP contribution in [-0.2, 0) is 0 Å². The van der Waals surface area contributed by atoms with Gasteiger partial charge in [0, 0.05) is 0 Å². The summed E-state index contributed by atoms with van der Waals surface area (Å²) in [6.07, 6.45) is 9.79. The Morgan fingerprint density at radius 2 is 2.27 bits per heavy atom. The molecule has 0 bridgehead atoms. The topological polar surface area (TPSA) is 23.8 Å². The fourth-order valence-electron chi connectivity index (χ4n) is 0.993. The molecule has 56 valence electrons. The Morgan fingerprint density at radius 1 is 1.45 bits per heavy atom. The van der Waals surface area contributed by atoms with Crippen LogP contribution < -0.4 is 0 Å². The second-order valence-electron chi connectivity index (χ2n) is 2.63. The number of nitrogens with zero attached hydrogens (tertiary/aromatic N) is 1. The Kier molecular flexibility index (Phi) is 2.68.